The van der Waals surface area contributed by atoms with E-state index in [0.717, 1.165) is 24.8 Å². The van der Waals surface area contributed by atoms with E-state index < -0.39 is 11.1 Å². The number of aromatic nitrogens is 3. The van der Waals surface area contributed by atoms with Crippen molar-refractivity contribution in [1.29, 1.82) is 0 Å². The molecule has 2 aliphatic heterocycles. The Bertz CT molecular complexity index is 1460. The number of ether oxygens (including phenoxy) is 2. The number of piperazine rings is 1. The van der Waals surface area contributed by atoms with Crippen LogP contribution >= 0.6 is 0 Å². The molecule has 1 unspecified atom stereocenters. The fourth-order valence-corrected chi connectivity index (χ4v) is 5.53. The molecule has 2 aliphatic rings. The van der Waals surface area contributed by atoms with E-state index in [1.165, 1.54) is 0 Å². The summed E-state index contributed by atoms with van der Waals surface area (Å²) in [5.41, 5.74) is 1.62. The number of carbonyl (C=O) groups excluding carboxylic acids is 2. The van der Waals surface area contributed by atoms with Crippen LogP contribution in [-0.2, 0) is 9.47 Å². The van der Waals surface area contributed by atoms with Gasteiger partial charge >= 0.3 is 6.09 Å². The molecule has 1 atom stereocenters. The molecule has 0 aliphatic carbocycles. The third-order valence-corrected chi connectivity index (χ3v) is 7.50. The van der Waals surface area contributed by atoms with E-state index in [1.807, 2.05) is 39.5 Å². The zero-order valence-electron chi connectivity index (χ0n) is 24.5. The van der Waals surface area contributed by atoms with Crippen LogP contribution in [0, 0.1) is 0 Å². The minimum atomic E-state index is -0.669. The zero-order chi connectivity index (χ0) is 29.5. The second-order valence-corrected chi connectivity index (χ2v) is 12.3. The van der Waals surface area contributed by atoms with Gasteiger partial charge in [0, 0.05) is 31.8 Å². The second-order valence-electron chi connectivity index (χ2n) is 12.3. The number of fused-ring (bicyclic) bond motifs is 1. The van der Waals surface area contributed by atoms with Crippen molar-refractivity contribution in [1.82, 2.24) is 24.6 Å². The SMILES string of the molecule is C=Cc1nn(C2CCCCO2)c2nc(-c3ccc(O)cc3)cc(C(=O)N3CCN(C(=O)OC(C)(C)C)CC3(C)C)c12. The second kappa shape index (κ2) is 10.8. The van der Waals surface area contributed by atoms with Gasteiger partial charge in [-0.2, -0.15) is 5.10 Å². The highest BCUT2D eigenvalue weighted by atomic mass is 16.6. The van der Waals surface area contributed by atoms with Gasteiger partial charge < -0.3 is 24.4 Å². The lowest BCUT2D eigenvalue weighted by molar-refractivity contribution is -0.0370. The van der Waals surface area contributed by atoms with E-state index in [-0.39, 0.29) is 24.0 Å². The summed E-state index contributed by atoms with van der Waals surface area (Å²) >= 11 is 0. The molecule has 0 bridgehead atoms. The van der Waals surface area contributed by atoms with Gasteiger partial charge in [0.05, 0.1) is 27.9 Å². The van der Waals surface area contributed by atoms with Crippen LogP contribution in [0.2, 0.25) is 0 Å². The van der Waals surface area contributed by atoms with Gasteiger partial charge in [0.1, 0.15) is 11.4 Å². The molecule has 2 aromatic heterocycles. The van der Waals surface area contributed by atoms with E-state index in [4.69, 9.17) is 19.6 Å². The number of rotatable bonds is 4. The molecule has 218 valence electrons. The van der Waals surface area contributed by atoms with Crippen molar-refractivity contribution in [2.45, 2.75) is 71.2 Å². The highest BCUT2D eigenvalue weighted by molar-refractivity contribution is 6.09. The van der Waals surface area contributed by atoms with E-state index >= 15 is 0 Å². The van der Waals surface area contributed by atoms with Crippen molar-refractivity contribution in [2.24, 2.45) is 0 Å². The molecule has 1 aromatic carbocycles. The number of nitrogens with zero attached hydrogens (tertiary/aromatic N) is 5. The number of aromatic hydroxyl groups is 1. The third-order valence-electron chi connectivity index (χ3n) is 7.50. The molecule has 41 heavy (non-hydrogen) atoms. The number of carbonyl (C=O) groups is 2. The highest BCUT2D eigenvalue weighted by Crippen LogP contribution is 2.35. The van der Waals surface area contributed by atoms with Crippen molar-refractivity contribution >= 4 is 29.1 Å². The Balaban J connectivity index is 1.59. The molecule has 0 radical (unpaired) electrons. The van der Waals surface area contributed by atoms with Crippen LogP contribution < -0.4 is 0 Å². The molecule has 5 rings (SSSR count). The van der Waals surface area contributed by atoms with Crippen LogP contribution in [0.5, 0.6) is 5.75 Å². The lowest BCUT2D eigenvalue weighted by Gasteiger charge is -2.47. The summed E-state index contributed by atoms with van der Waals surface area (Å²) in [6.45, 7) is 15.1. The molecule has 2 saturated heterocycles. The first-order valence-corrected chi connectivity index (χ1v) is 14.1. The molecular weight excluding hydrogens is 522 g/mol. The zero-order valence-corrected chi connectivity index (χ0v) is 24.5. The Morgan fingerprint density at radius 1 is 1.17 bits per heavy atom. The number of hydrogen-bond donors (Lipinski definition) is 1. The molecule has 1 N–H and O–H groups in total. The fraction of sp³-hybridized carbons (Fsp3) is 0.484. The average molecular weight is 562 g/mol. The largest absolute Gasteiger partial charge is 0.508 e. The Morgan fingerprint density at radius 2 is 1.90 bits per heavy atom. The summed E-state index contributed by atoms with van der Waals surface area (Å²) in [4.78, 5) is 35.7. The molecule has 2 amide bonds. The lowest BCUT2D eigenvalue weighted by Crippen LogP contribution is -2.62. The summed E-state index contributed by atoms with van der Waals surface area (Å²) < 4.78 is 13.4. The summed E-state index contributed by atoms with van der Waals surface area (Å²) in [6.07, 6.45) is 3.76. The predicted molar refractivity (Wildman–Crippen MR) is 156 cm³/mol. The summed E-state index contributed by atoms with van der Waals surface area (Å²) in [7, 11) is 0. The third kappa shape index (κ3) is 5.79. The van der Waals surface area contributed by atoms with Crippen LogP contribution in [-0.4, -0.2) is 79.1 Å². The summed E-state index contributed by atoms with van der Waals surface area (Å²) in [6, 6.07) is 8.52. The van der Waals surface area contributed by atoms with Gasteiger partial charge in [-0.25, -0.2) is 14.5 Å². The Labute approximate surface area is 240 Å². The maximum absolute atomic E-state index is 14.4. The Hall–Kier alpha value is -3.92. The minimum absolute atomic E-state index is 0.144. The van der Waals surface area contributed by atoms with E-state index in [2.05, 4.69) is 6.58 Å². The monoisotopic (exact) mass is 561 g/mol. The first kappa shape index (κ1) is 28.6. The van der Waals surface area contributed by atoms with Crippen molar-refractivity contribution in [3.8, 4) is 17.0 Å². The first-order chi connectivity index (χ1) is 19.4. The average Bonchev–Trinajstić information content (AvgIpc) is 3.30. The van der Waals surface area contributed by atoms with Crippen molar-refractivity contribution in [3.63, 3.8) is 0 Å². The molecular formula is C31H39N5O5. The first-order valence-electron chi connectivity index (χ1n) is 14.1. The molecule has 0 saturated carbocycles. The molecule has 3 aromatic rings. The highest BCUT2D eigenvalue weighted by Gasteiger charge is 2.41. The van der Waals surface area contributed by atoms with Gasteiger partial charge in [0.15, 0.2) is 11.9 Å². The number of amides is 2. The van der Waals surface area contributed by atoms with Crippen molar-refractivity contribution < 1.29 is 24.2 Å². The fourth-order valence-electron chi connectivity index (χ4n) is 5.53. The Morgan fingerprint density at radius 3 is 2.51 bits per heavy atom. The van der Waals surface area contributed by atoms with Crippen molar-refractivity contribution in [2.75, 3.05) is 26.2 Å². The minimum Gasteiger partial charge on any atom is -0.508 e. The van der Waals surface area contributed by atoms with Crippen LogP contribution in [0.15, 0.2) is 36.9 Å². The summed E-state index contributed by atoms with van der Waals surface area (Å²) in [5, 5.41) is 15.3. The molecule has 0 spiro atoms. The van der Waals surface area contributed by atoms with Crippen LogP contribution in [0.4, 0.5) is 4.79 Å². The maximum atomic E-state index is 14.4. The van der Waals surface area contributed by atoms with Gasteiger partial charge in [-0.05, 0) is 90.3 Å². The van der Waals surface area contributed by atoms with Crippen molar-refractivity contribution in [3.05, 3.63) is 48.2 Å². The Kier molecular flexibility index (Phi) is 7.54. The van der Waals surface area contributed by atoms with Crippen LogP contribution in [0.1, 0.15) is 76.2 Å². The molecule has 10 nitrogen and oxygen atoms in total. The maximum Gasteiger partial charge on any atom is 0.410 e. The number of pyridine rings is 1. The van der Waals surface area contributed by atoms with E-state index in [1.54, 1.807) is 46.0 Å². The molecule has 2 fully saturated rings. The molecule has 4 heterocycles. The smallest absolute Gasteiger partial charge is 0.410 e. The molecule has 10 heteroatoms. The normalized spacial score (nSPS) is 19.3. The summed E-state index contributed by atoms with van der Waals surface area (Å²) in [5.74, 6) is -0.0381. The lowest BCUT2D eigenvalue weighted by atomic mass is 9.96. The van der Waals surface area contributed by atoms with E-state index in [9.17, 15) is 14.7 Å². The van der Waals surface area contributed by atoms with Crippen LogP contribution in [0.3, 0.4) is 0 Å². The van der Waals surface area contributed by atoms with Crippen LogP contribution in [0.25, 0.3) is 28.4 Å². The topological polar surface area (TPSA) is 110 Å². The number of hydrogen-bond acceptors (Lipinski definition) is 7. The number of phenolic OH excluding ortho intramolecular Hbond substituents is 1. The van der Waals surface area contributed by atoms with Gasteiger partial charge in [0.2, 0.25) is 0 Å². The quantitative estimate of drug-likeness (QED) is 0.440. The van der Waals surface area contributed by atoms with Gasteiger partial charge in [-0.15, -0.1) is 0 Å². The standard InChI is InChI=1S/C31H39N5O5/c1-7-23-26-22(28(38)35-16-15-34(19-31(35,5)6)29(39)41-30(2,3)4)18-24(20-11-13-21(37)14-12-20)32-27(26)36(33-23)25-10-8-9-17-40-25/h7,11-14,18,25,37H,1,8-10,15-17,19H2,2-6H3. The number of phenols is 1. The van der Waals surface area contributed by atoms with Gasteiger partial charge in [0.25, 0.3) is 5.91 Å². The van der Waals surface area contributed by atoms with Gasteiger partial charge in [-0.1, -0.05) is 6.58 Å². The number of benzene rings is 1. The predicted octanol–water partition coefficient (Wildman–Crippen LogP) is 5.62. The van der Waals surface area contributed by atoms with Gasteiger partial charge in [-0.3, -0.25) is 4.79 Å². The van der Waals surface area contributed by atoms with E-state index in [0.29, 0.717) is 54.2 Å².